The van der Waals surface area contributed by atoms with Gasteiger partial charge in [0.2, 0.25) is 0 Å². The fourth-order valence-electron chi connectivity index (χ4n) is 2.71. The molecule has 3 rings (SSSR count). The Kier molecular flexibility index (Phi) is 2.56. The van der Waals surface area contributed by atoms with Crippen LogP contribution in [-0.4, -0.2) is 15.5 Å². The van der Waals surface area contributed by atoms with E-state index in [0.717, 1.165) is 28.4 Å². The number of aryl methyl sites for hydroxylation is 1. The number of fused-ring (bicyclic) bond motifs is 3. The van der Waals surface area contributed by atoms with Crippen LogP contribution in [0.1, 0.15) is 24.2 Å². The van der Waals surface area contributed by atoms with Crippen molar-refractivity contribution < 1.29 is 9.90 Å². The second-order valence-corrected chi connectivity index (χ2v) is 4.70. The highest BCUT2D eigenvalue weighted by Crippen LogP contribution is 2.33. The zero-order valence-corrected chi connectivity index (χ0v) is 11.0. The fraction of sp³-hybridized carbons (Fsp3) is 0.188. The van der Waals surface area contributed by atoms with Gasteiger partial charge >= 0.3 is 0 Å². The molecule has 0 fully saturated rings. The lowest BCUT2D eigenvalue weighted by Crippen LogP contribution is -1.95. The maximum Gasteiger partial charge on any atom is 0.163 e. The van der Waals surface area contributed by atoms with Crippen molar-refractivity contribution in [3.8, 4) is 5.75 Å². The third-order valence-corrected chi connectivity index (χ3v) is 3.59. The van der Waals surface area contributed by atoms with Gasteiger partial charge in [-0.25, -0.2) is 0 Å². The van der Waals surface area contributed by atoms with E-state index in [1.165, 1.54) is 6.92 Å². The van der Waals surface area contributed by atoms with Crippen LogP contribution in [0.4, 0.5) is 0 Å². The molecule has 0 atom stereocenters. The lowest BCUT2D eigenvalue weighted by molar-refractivity contribution is 0.101. The highest BCUT2D eigenvalue weighted by Gasteiger charge is 2.14. The van der Waals surface area contributed by atoms with Crippen LogP contribution >= 0.6 is 0 Å². The topological polar surface area (TPSA) is 42.2 Å². The minimum atomic E-state index is -0.118. The minimum absolute atomic E-state index is 0.0532. The first-order chi connectivity index (χ1) is 9.13. The van der Waals surface area contributed by atoms with Crippen molar-refractivity contribution in [1.29, 1.82) is 0 Å². The summed E-state index contributed by atoms with van der Waals surface area (Å²) in [5, 5.41) is 12.1. The number of Topliss-reactive ketones (excluding diaryl/α,β-unsaturated/α-hetero) is 1. The Bertz CT molecular complexity index is 799. The number of hydrogen-bond acceptors (Lipinski definition) is 2. The normalized spacial score (nSPS) is 11.3. The predicted molar refractivity (Wildman–Crippen MR) is 76.8 cm³/mol. The summed E-state index contributed by atoms with van der Waals surface area (Å²) in [5.74, 6) is -0.0646. The molecule has 0 amide bonds. The third-order valence-electron chi connectivity index (χ3n) is 3.59. The van der Waals surface area contributed by atoms with Crippen LogP contribution in [0.25, 0.3) is 21.8 Å². The molecule has 3 heteroatoms. The van der Waals surface area contributed by atoms with Crippen LogP contribution in [-0.2, 0) is 6.54 Å². The van der Waals surface area contributed by atoms with Crippen molar-refractivity contribution in [2.24, 2.45) is 0 Å². The summed E-state index contributed by atoms with van der Waals surface area (Å²) in [6.07, 6.45) is 0. The van der Waals surface area contributed by atoms with Crippen molar-refractivity contribution >= 4 is 27.6 Å². The van der Waals surface area contributed by atoms with E-state index in [1.54, 1.807) is 12.1 Å². The average Bonchev–Trinajstić information content (AvgIpc) is 2.70. The monoisotopic (exact) mass is 253 g/mol. The first kappa shape index (κ1) is 11.8. The van der Waals surface area contributed by atoms with Gasteiger partial charge in [-0.2, -0.15) is 0 Å². The largest absolute Gasteiger partial charge is 0.507 e. The molecule has 0 radical (unpaired) electrons. The fourth-order valence-corrected chi connectivity index (χ4v) is 2.71. The summed E-state index contributed by atoms with van der Waals surface area (Å²) >= 11 is 0. The van der Waals surface area contributed by atoms with E-state index in [-0.39, 0.29) is 11.5 Å². The SMILES string of the molecule is CCn1c2ccccc2c2cc(C(C)=O)c(O)cc21. The van der Waals surface area contributed by atoms with Crippen LogP contribution in [0.15, 0.2) is 36.4 Å². The van der Waals surface area contributed by atoms with Crippen molar-refractivity contribution in [2.75, 3.05) is 0 Å². The molecule has 96 valence electrons. The van der Waals surface area contributed by atoms with Gasteiger partial charge in [-0.1, -0.05) is 18.2 Å². The summed E-state index contributed by atoms with van der Waals surface area (Å²) in [6, 6.07) is 11.6. The maximum atomic E-state index is 11.6. The molecule has 1 heterocycles. The molecule has 1 N–H and O–H groups in total. The molecule has 0 aliphatic heterocycles. The summed E-state index contributed by atoms with van der Waals surface area (Å²) in [6.45, 7) is 4.37. The molecule has 1 aromatic heterocycles. The Balaban J connectivity index is 2.52. The molecular weight excluding hydrogens is 238 g/mol. The van der Waals surface area contributed by atoms with Gasteiger partial charge in [-0.15, -0.1) is 0 Å². The van der Waals surface area contributed by atoms with Crippen LogP contribution in [0, 0.1) is 0 Å². The number of hydrogen-bond donors (Lipinski definition) is 1. The van der Waals surface area contributed by atoms with Gasteiger partial charge in [0, 0.05) is 28.9 Å². The number of nitrogens with zero attached hydrogens (tertiary/aromatic N) is 1. The van der Waals surface area contributed by atoms with E-state index >= 15 is 0 Å². The highest BCUT2D eigenvalue weighted by atomic mass is 16.3. The standard InChI is InChI=1S/C16H15NO2/c1-3-17-14-7-5-4-6-11(14)13-8-12(10(2)18)16(19)9-15(13)17/h4-9,19H,3H2,1-2H3. The van der Waals surface area contributed by atoms with E-state index < -0.39 is 0 Å². The van der Waals surface area contributed by atoms with Gasteiger partial charge in [0.1, 0.15) is 5.75 Å². The van der Waals surface area contributed by atoms with E-state index in [4.69, 9.17) is 0 Å². The number of carbonyl (C=O) groups excluding carboxylic acids is 1. The molecule has 3 aromatic rings. The molecule has 0 unspecified atom stereocenters. The molecule has 0 saturated carbocycles. The van der Waals surface area contributed by atoms with Gasteiger partial charge < -0.3 is 9.67 Å². The Hall–Kier alpha value is -2.29. The number of rotatable bonds is 2. The molecule has 0 aliphatic carbocycles. The van der Waals surface area contributed by atoms with Gasteiger partial charge in [-0.05, 0) is 26.0 Å². The molecule has 0 aliphatic rings. The molecule has 2 aromatic carbocycles. The number of benzene rings is 2. The van der Waals surface area contributed by atoms with Crippen LogP contribution in [0.2, 0.25) is 0 Å². The molecular formula is C16H15NO2. The molecule has 19 heavy (non-hydrogen) atoms. The second-order valence-electron chi connectivity index (χ2n) is 4.70. The van der Waals surface area contributed by atoms with Crippen molar-refractivity contribution in [3.63, 3.8) is 0 Å². The minimum Gasteiger partial charge on any atom is -0.507 e. The van der Waals surface area contributed by atoms with Crippen molar-refractivity contribution in [3.05, 3.63) is 42.0 Å². The molecule has 3 nitrogen and oxygen atoms in total. The first-order valence-electron chi connectivity index (χ1n) is 6.38. The van der Waals surface area contributed by atoms with Crippen molar-refractivity contribution in [2.45, 2.75) is 20.4 Å². The van der Waals surface area contributed by atoms with Gasteiger partial charge in [0.05, 0.1) is 11.1 Å². The first-order valence-corrected chi connectivity index (χ1v) is 6.38. The van der Waals surface area contributed by atoms with Gasteiger partial charge in [-0.3, -0.25) is 4.79 Å². The molecule has 0 bridgehead atoms. The van der Waals surface area contributed by atoms with Gasteiger partial charge in [0.25, 0.3) is 0 Å². The number of phenolic OH excluding ortho intramolecular Hbond substituents is 1. The van der Waals surface area contributed by atoms with E-state index in [0.29, 0.717) is 5.56 Å². The Morgan fingerprint density at radius 1 is 1.16 bits per heavy atom. The number of aromatic nitrogens is 1. The summed E-state index contributed by atoms with van der Waals surface area (Å²) in [5.41, 5.74) is 2.47. The van der Waals surface area contributed by atoms with Crippen LogP contribution in [0.5, 0.6) is 5.75 Å². The second kappa shape index (κ2) is 4.12. The van der Waals surface area contributed by atoms with Crippen LogP contribution < -0.4 is 0 Å². The lowest BCUT2D eigenvalue weighted by Gasteiger charge is -2.05. The number of ketones is 1. The number of para-hydroxylation sites is 1. The predicted octanol–water partition coefficient (Wildman–Crippen LogP) is 3.72. The van der Waals surface area contributed by atoms with Crippen LogP contribution in [0.3, 0.4) is 0 Å². The zero-order chi connectivity index (χ0) is 13.6. The number of carbonyl (C=O) groups is 1. The summed E-state index contributed by atoms with van der Waals surface area (Å²) in [7, 11) is 0. The highest BCUT2D eigenvalue weighted by molar-refractivity contribution is 6.11. The zero-order valence-electron chi connectivity index (χ0n) is 11.0. The Labute approximate surface area is 111 Å². The van der Waals surface area contributed by atoms with Gasteiger partial charge in [0.15, 0.2) is 5.78 Å². The number of aromatic hydroxyl groups is 1. The lowest BCUT2D eigenvalue weighted by atomic mass is 10.1. The number of phenols is 1. The van der Waals surface area contributed by atoms with E-state index in [1.807, 2.05) is 18.2 Å². The maximum absolute atomic E-state index is 11.6. The molecule has 0 spiro atoms. The smallest absolute Gasteiger partial charge is 0.163 e. The molecule has 0 saturated heterocycles. The third kappa shape index (κ3) is 1.62. The Morgan fingerprint density at radius 3 is 2.58 bits per heavy atom. The van der Waals surface area contributed by atoms with E-state index in [2.05, 4.69) is 17.6 Å². The average molecular weight is 253 g/mol. The van der Waals surface area contributed by atoms with E-state index in [9.17, 15) is 9.90 Å². The summed E-state index contributed by atoms with van der Waals surface area (Å²) in [4.78, 5) is 11.6. The Morgan fingerprint density at radius 2 is 1.89 bits per heavy atom. The summed E-state index contributed by atoms with van der Waals surface area (Å²) < 4.78 is 2.15. The van der Waals surface area contributed by atoms with Crippen molar-refractivity contribution in [1.82, 2.24) is 4.57 Å². The quantitative estimate of drug-likeness (QED) is 0.707.